The lowest BCUT2D eigenvalue weighted by Gasteiger charge is -2.31. The summed E-state index contributed by atoms with van der Waals surface area (Å²) in [6, 6.07) is 4.89. The van der Waals surface area contributed by atoms with Gasteiger partial charge in [0.1, 0.15) is 6.54 Å². The Morgan fingerprint density at radius 1 is 1.36 bits per heavy atom. The second-order valence-corrected chi connectivity index (χ2v) is 6.20. The van der Waals surface area contributed by atoms with Crippen LogP contribution in [0.5, 0.6) is 5.88 Å². The number of ether oxygens (including phenoxy) is 1. The van der Waals surface area contributed by atoms with E-state index in [1.807, 2.05) is 0 Å². The third kappa shape index (κ3) is 3.70. The standard InChI is InChI=1S/C18H21N7O3/c1-23-7-8-24(11-17(23)26)18(27)14-9-15(13(20)5-6-19)25(22-14)12-3-4-16(28-2)21-10-12/h3-6,9-10,20H,7-8,11,19H2,1-2H3/b6-5-,20-13?. The van der Waals surface area contributed by atoms with Crippen molar-refractivity contribution >= 4 is 17.5 Å². The molecule has 2 amide bonds. The van der Waals surface area contributed by atoms with Gasteiger partial charge >= 0.3 is 0 Å². The maximum absolute atomic E-state index is 12.9. The van der Waals surface area contributed by atoms with E-state index in [-0.39, 0.29) is 29.8 Å². The van der Waals surface area contributed by atoms with Gasteiger partial charge in [0.05, 0.1) is 30.4 Å². The van der Waals surface area contributed by atoms with E-state index in [9.17, 15) is 9.59 Å². The fourth-order valence-corrected chi connectivity index (χ4v) is 2.77. The molecule has 1 saturated heterocycles. The fraction of sp³-hybridized carbons (Fsp3) is 0.278. The van der Waals surface area contributed by atoms with Crippen molar-refractivity contribution in [1.82, 2.24) is 24.6 Å². The minimum absolute atomic E-state index is 0.00175. The Kier molecular flexibility index (Phi) is 5.39. The van der Waals surface area contributed by atoms with Gasteiger partial charge in [-0.1, -0.05) is 0 Å². The number of carbonyl (C=O) groups is 2. The Bertz CT molecular complexity index is 933. The van der Waals surface area contributed by atoms with E-state index in [1.54, 1.807) is 24.1 Å². The number of nitrogens with two attached hydrogens (primary N) is 1. The molecule has 0 bridgehead atoms. The van der Waals surface area contributed by atoms with Crippen LogP contribution >= 0.6 is 0 Å². The molecule has 28 heavy (non-hydrogen) atoms. The van der Waals surface area contributed by atoms with Gasteiger partial charge in [0.25, 0.3) is 5.91 Å². The molecular weight excluding hydrogens is 362 g/mol. The maximum atomic E-state index is 12.9. The van der Waals surface area contributed by atoms with Crippen LogP contribution in [0, 0.1) is 5.41 Å². The Morgan fingerprint density at radius 3 is 2.75 bits per heavy atom. The minimum atomic E-state index is -0.368. The second-order valence-electron chi connectivity index (χ2n) is 6.20. The summed E-state index contributed by atoms with van der Waals surface area (Å²) in [7, 11) is 3.21. The van der Waals surface area contributed by atoms with Gasteiger partial charge in [0.2, 0.25) is 11.8 Å². The van der Waals surface area contributed by atoms with E-state index in [0.29, 0.717) is 30.4 Å². The van der Waals surface area contributed by atoms with Crippen LogP contribution < -0.4 is 10.5 Å². The van der Waals surface area contributed by atoms with Crippen LogP contribution in [0.1, 0.15) is 16.2 Å². The molecule has 1 fully saturated rings. The number of aromatic nitrogens is 3. The van der Waals surface area contributed by atoms with Crippen molar-refractivity contribution in [2.45, 2.75) is 0 Å². The van der Waals surface area contributed by atoms with Gasteiger partial charge in [-0.3, -0.25) is 15.0 Å². The number of piperazine rings is 1. The first-order chi connectivity index (χ1) is 13.4. The van der Waals surface area contributed by atoms with E-state index >= 15 is 0 Å². The Hall–Kier alpha value is -3.69. The van der Waals surface area contributed by atoms with Crippen molar-refractivity contribution < 1.29 is 14.3 Å². The molecule has 0 atom stereocenters. The summed E-state index contributed by atoms with van der Waals surface area (Å²) >= 11 is 0. The molecule has 10 nitrogen and oxygen atoms in total. The molecule has 3 heterocycles. The number of nitrogens with zero attached hydrogens (tertiary/aromatic N) is 5. The van der Waals surface area contributed by atoms with Gasteiger partial charge < -0.3 is 20.3 Å². The van der Waals surface area contributed by atoms with E-state index < -0.39 is 0 Å². The van der Waals surface area contributed by atoms with Gasteiger partial charge in [0.15, 0.2) is 5.69 Å². The van der Waals surface area contributed by atoms with Crippen molar-refractivity contribution in [1.29, 1.82) is 5.41 Å². The van der Waals surface area contributed by atoms with Crippen molar-refractivity contribution in [2.75, 3.05) is 33.8 Å². The molecule has 0 saturated carbocycles. The quantitative estimate of drug-likeness (QED) is 0.701. The molecule has 0 aromatic carbocycles. The first-order valence-corrected chi connectivity index (χ1v) is 8.55. The Labute approximate surface area is 161 Å². The molecule has 1 aliphatic rings. The molecule has 2 aromatic heterocycles. The predicted molar refractivity (Wildman–Crippen MR) is 102 cm³/mol. The third-order valence-electron chi connectivity index (χ3n) is 4.39. The van der Waals surface area contributed by atoms with Gasteiger partial charge in [0, 0.05) is 26.2 Å². The van der Waals surface area contributed by atoms with Crippen molar-refractivity contribution in [2.24, 2.45) is 5.73 Å². The number of hydrogen-bond acceptors (Lipinski definition) is 7. The number of methoxy groups -OCH3 is 1. The lowest BCUT2D eigenvalue weighted by molar-refractivity contribution is -0.133. The average Bonchev–Trinajstić information content (AvgIpc) is 3.15. The van der Waals surface area contributed by atoms with Gasteiger partial charge in [-0.2, -0.15) is 5.10 Å². The highest BCUT2D eigenvalue weighted by atomic mass is 16.5. The first kappa shape index (κ1) is 19.1. The predicted octanol–water partition coefficient (Wildman–Crippen LogP) is 0.0304. The van der Waals surface area contributed by atoms with Crippen molar-refractivity contribution in [3.05, 3.63) is 48.1 Å². The number of pyridine rings is 1. The van der Waals surface area contributed by atoms with Crippen LogP contribution in [0.4, 0.5) is 0 Å². The molecule has 146 valence electrons. The van der Waals surface area contributed by atoms with Crippen LogP contribution in [-0.2, 0) is 4.79 Å². The fourth-order valence-electron chi connectivity index (χ4n) is 2.77. The summed E-state index contributed by atoms with van der Waals surface area (Å²) in [5, 5.41) is 12.6. The SMILES string of the molecule is COc1ccc(-n2nc(C(=O)N3CCN(C)C(=O)C3)cc2C(=N)/C=C\N)cn1. The molecule has 1 aliphatic heterocycles. The summed E-state index contributed by atoms with van der Waals surface area (Å²) < 4.78 is 6.50. The number of rotatable bonds is 5. The molecule has 0 spiro atoms. The molecular formula is C18H21N7O3. The Morgan fingerprint density at radius 2 is 2.14 bits per heavy atom. The molecule has 0 unspecified atom stereocenters. The lowest BCUT2D eigenvalue weighted by Crippen LogP contribution is -2.50. The average molecular weight is 383 g/mol. The maximum Gasteiger partial charge on any atom is 0.274 e. The first-order valence-electron chi connectivity index (χ1n) is 8.55. The molecule has 3 N–H and O–H groups in total. The highest BCUT2D eigenvalue weighted by Crippen LogP contribution is 2.17. The number of allylic oxidation sites excluding steroid dienone is 1. The number of amides is 2. The summed E-state index contributed by atoms with van der Waals surface area (Å²) in [6.45, 7) is 0.890. The molecule has 0 radical (unpaired) electrons. The van der Waals surface area contributed by atoms with Crippen LogP contribution in [0.2, 0.25) is 0 Å². The lowest BCUT2D eigenvalue weighted by atomic mass is 10.2. The van der Waals surface area contributed by atoms with E-state index in [1.165, 1.54) is 41.2 Å². The topological polar surface area (TPSA) is 130 Å². The largest absolute Gasteiger partial charge is 0.481 e. The molecule has 0 aliphatic carbocycles. The van der Waals surface area contributed by atoms with Gasteiger partial charge in [-0.25, -0.2) is 9.67 Å². The highest BCUT2D eigenvalue weighted by molar-refractivity contribution is 6.07. The number of carbonyl (C=O) groups excluding carboxylic acids is 2. The normalized spacial score (nSPS) is 14.6. The zero-order chi connectivity index (χ0) is 20.3. The molecule has 3 rings (SSSR count). The summed E-state index contributed by atoms with van der Waals surface area (Å²) in [4.78, 5) is 32.0. The van der Waals surface area contributed by atoms with E-state index in [2.05, 4.69) is 10.1 Å². The minimum Gasteiger partial charge on any atom is -0.481 e. The number of likely N-dealkylation sites (N-methyl/N-ethyl adjacent to an activating group) is 1. The second kappa shape index (κ2) is 7.91. The zero-order valence-corrected chi connectivity index (χ0v) is 15.6. The van der Waals surface area contributed by atoms with Gasteiger partial charge in [-0.05, 0) is 24.4 Å². The van der Waals surface area contributed by atoms with E-state index in [0.717, 1.165) is 0 Å². The zero-order valence-electron chi connectivity index (χ0n) is 15.6. The monoisotopic (exact) mass is 383 g/mol. The smallest absolute Gasteiger partial charge is 0.274 e. The van der Waals surface area contributed by atoms with Crippen molar-refractivity contribution in [3.8, 4) is 11.6 Å². The summed E-state index contributed by atoms with van der Waals surface area (Å²) in [5.41, 5.74) is 6.56. The summed E-state index contributed by atoms with van der Waals surface area (Å²) in [5.74, 6) is -0.0634. The van der Waals surface area contributed by atoms with Crippen LogP contribution in [0.15, 0.2) is 36.7 Å². The highest BCUT2D eigenvalue weighted by Gasteiger charge is 2.28. The molecule has 2 aromatic rings. The number of nitrogens with one attached hydrogen (secondary N) is 1. The number of hydrogen-bond donors (Lipinski definition) is 2. The van der Waals surface area contributed by atoms with Crippen LogP contribution in [0.3, 0.4) is 0 Å². The van der Waals surface area contributed by atoms with E-state index in [4.69, 9.17) is 15.9 Å². The Balaban J connectivity index is 1.97. The summed E-state index contributed by atoms with van der Waals surface area (Å²) in [6.07, 6.45) is 4.17. The van der Waals surface area contributed by atoms with Gasteiger partial charge in [-0.15, -0.1) is 0 Å². The van der Waals surface area contributed by atoms with Crippen LogP contribution in [0.25, 0.3) is 5.69 Å². The third-order valence-corrected chi connectivity index (χ3v) is 4.39. The van der Waals surface area contributed by atoms with Crippen molar-refractivity contribution in [3.63, 3.8) is 0 Å². The van der Waals surface area contributed by atoms with Crippen LogP contribution in [-0.4, -0.2) is 75.9 Å². The molecule has 10 heteroatoms.